The second-order valence-corrected chi connectivity index (χ2v) is 5.20. The normalized spacial score (nSPS) is 14.4. The first-order valence-corrected chi connectivity index (χ1v) is 7.33. The molecule has 0 fully saturated rings. The third-order valence-corrected chi connectivity index (χ3v) is 3.75. The predicted molar refractivity (Wildman–Crippen MR) is 83.3 cm³/mol. The van der Waals surface area contributed by atoms with Gasteiger partial charge in [-0.25, -0.2) is 0 Å². The van der Waals surface area contributed by atoms with Crippen molar-refractivity contribution >= 4 is 5.69 Å². The Morgan fingerprint density at radius 1 is 1.14 bits per heavy atom. The summed E-state index contributed by atoms with van der Waals surface area (Å²) in [6.07, 6.45) is 2.34. The van der Waals surface area contributed by atoms with Gasteiger partial charge in [0.15, 0.2) is 0 Å². The van der Waals surface area contributed by atoms with Gasteiger partial charge in [0.1, 0.15) is 11.9 Å². The van der Waals surface area contributed by atoms with Crippen molar-refractivity contribution in [1.82, 2.24) is 0 Å². The van der Waals surface area contributed by atoms with Crippen LogP contribution in [0.4, 0.5) is 5.69 Å². The Bertz CT molecular complexity index is 646. The fraction of sp³-hybridized carbons (Fsp3) is 0.278. The van der Waals surface area contributed by atoms with E-state index in [2.05, 4.69) is 17.5 Å². The van der Waals surface area contributed by atoms with E-state index in [0.29, 0.717) is 6.42 Å². The molecule has 1 aliphatic heterocycles. The molecule has 2 aromatic carbocycles. The molecule has 0 aromatic heterocycles. The molecule has 3 rings (SSSR count). The summed E-state index contributed by atoms with van der Waals surface area (Å²) in [6.45, 7) is 0.974. The number of hydrogen-bond acceptors (Lipinski definition) is 3. The molecular formula is C18H18N2O. The van der Waals surface area contributed by atoms with Crippen LogP contribution >= 0.6 is 0 Å². The molecule has 0 saturated carbocycles. The lowest BCUT2D eigenvalue weighted by atomic mass is 10.0. The Labute approximate surface area is 125 Å². The summed E-state index contributed by atoms with van der Waals surface area (Å²) in [5, 5.41) is 12.5. The minimum atomic E-state index is -0.230. The highest BCUT2D eigenvalue weighted by Gasteiger charge is 2.18. The molecule has 0 radical (unpaired) electrons. The SMILES string of the molecule is N#CCC(Oc1cccc2c1NCCC2)c1ccccc1. The molecule has 106 valence electrons. The van der Waals surface area contributed by atoms with E-state index in [9.17, 15) is 0 Å². The minimum Gasteiger partial charge on any atom is -0.482 e. The lowest BCUT2D eigenvalue weighted by molar-refractivity contribution is 0.212. The highest BCUT2D eigenvalue weighted by atomic mass is 16.5. The molecule has 0 aliphatic carbocycles. The van der Waals surface area contributed by atoms with E-state index in [0.717, 1.165) is 36.4 Å². The van der Waals surface area contributed by atoms with Crippen molar-refractivity contribution in [3.05, 3.63) is 59.7 Å². The number of para-hydroxylation sites is 1. The molecule has 1 N–H and O–H groups in total. The molecule has 1 aliphatic rings. The van der Waals surface area contributed by atoms with E-state index in [1.54, 1.807) is 0 Å². The van der Waals surface area contributed by atoms with Gasteiger partial charge in [0.05, 0.1) is 18.2 Å². The summed E-state index contributed by atoms with van der Waals surface area (Å²) in [6, 6.07) is 18.3. The number of rotatable bonds is 4. The number of anilines is 1. The first-order valence-electron chi connectivity index (χ1n) is 7.33. The number of nitrogens with zero attached hydrogens (tertiary/aromatic N) is 1. The molecule has 1 atom stereocenters. The number of hydrogen-bond donors (Lipinski definition) is 1. The quantitative estimate of drug-likeness (QED) is 0.916. The zero-order chi connectivity index (χ0) is 14.5. The average Bonchev–Trinajstić information content (AvgIpc) is 2.55. The van der Waals surface area contributed by atoms with Gasteiger partial charge in [-0.2, -0.15) is 5.26 Å². The van der Waals surface area contributed by atoms with Gasteiger partial charge in [0, 0.05) is 6.54 Å². The maximum atomic E-state index is 9.07. The standard InChI is InChI=1S/C18H18N2O/c19-12-11-16(14-6-2-1-3-7-14)21-17-10-4-8-15-9-5-13-20-18(15)17/h1-4,6-8,10,16,20H,5,9,11,13H2. The lowest BCUT2D eigenvalue weighted by Crippen LogP contribution is -2.14. The van der Waals surface area contributed by atoms with Crippen molar-refractivity contribution in [2.75, 3.05) is 11.9 Å². The third kappa shape index (κ3) is 3.00. The van der Waals surface area contributed by atoms with Crippen LogP contribution in [0.3, 0.4) is 0 Å². The smallest absolute Gasteiger partial charge is 0.143 e. The van der Waals surface area contributed by atoms with Gasteiger partial charge in [-0.1, -0.05) is 42.5 Å². The van der Waals surface area contributed by atoms with Gasteiger partial charge < -0.3 is 10.1 Å². The molecule has 3 nitrogen and oxygen atoms in total. The number of nitrogens with one attached hydrogen (secondary N) is 1. The molecule has 0 spiro atoms. The minimum absolute atomic E-state index is 0.230. The van der Waals surface area contributed by atoms with E-state index in [-0.39, 0.29) is 6.10 Å². The molecular weight excluding hydrogens is 260 g/mol. The fourth-order valence-corrected chi connectivity index (χ4v) is 2.71. The van der Waals surface area contributed by atoms with Crippen LogP contribution in [0.2, 0.25) is 0 Å². The van der Waals surface area contributed by atoms with Crippen LogP contribution in [0.25, 0.3) is 0 Å². The van der Waals surface area contributed by atoms with Gasteiger partial charge in [0.25, 0.3) is 0 Å². The summed E-state index contributed by atoms with van der Waals surface area (Å²) in [5.41, 5.74) is 3.41. The van der Waals surface area contributed by atoms with Crippen molar-refractivity contribution in [2.24, 2.45) is 0 Å². The van der Waals surface area contributed by atoms with Crippen LogP contribution in [-0.2, 0) is 6.42 Å². The Hall–Kier alpha value is -2.47. The highest BCUT2D eigenvalue weighted by molar-refractivity contribution is 5.63. The van der Waals surface area contributed by atoms with Crippen molar-refractivity contribution in [2.45, 2.75) is 25.4 Å². The molecule has 1 heterocycles. The largest absolute Gasteiger partial charge is 0.482 e. The molecule has 2 aromatic rings. The van der Waals surface area contributed by atoms with Crippen LogP contribution in [0, 0.1) is 11.3 Å². The maximum absolute atomic E-state index is 9.07. The Morgan fingerprint density at radius 3 is 2.81 bits per heavy atom. The molecule has 0 amide bonds. The van der Waals surface area contributed by atoms with Crippen molar-refractivity contribution in [1.29, 1.82) is 5.26 Å². The monoisotopic (exact) mass is 278 g/mol. The number of benzene rings is 2. The maximum Gasteiger partial charge on any atom is 0.143 e. The van der Waals surface area contributed by atoms with Crippen LogP contribution in [0.5, 0.6) is 5.75 Å². The zero-order valence-electron chi connectivity index (χ0n) is 11.9. The van der Waals surface area contributed by atoms with Gasteiger partial charge in [-0.3, -0.25) is 0 Å². The van der Waals surface area contributed by atoms with Crippen molar-refractivity contribution in [3.63, 3.8) is 0 Å². The number of ether oxygens (including phenoxy) is 1. The van der Waals surface area contributed by atoms with E-state index in [1.807, 2.05) is 42.5 Å². The van der Waals surface area contributed by atoms with E-state index < -0.39 is 0 Å². The predicted octanol–water partition coefficient (Wildman–Crippen LogP) is 4.08. The van der Waals surface area contributed by atoms with Gasteiger partial charge in [-0.15, -0.1) is 0 Å². The molecule has 1 unspecified atom stereocenters. The van der Waals surface area contributed by atoms with Crippen molar-refractivity contribution in [3.8, 4) is 11.8 Å². The topological polar surface area (TPSA) is 45.0 Å². The van der Waals surface area contributed by atoms with E-state index in [1.165, 1.54) is 5.56 Å². The van der Waals surface area contributed by atoms with Crippen molar-refractivity contribution < 1.29 is 4.74 Å². The van der Waals surface area contributed by atoms with Gasteiger partial charge in [-0.05, 0) is 30.0 Å². The van der Waals surface area contributed by atoms with Crippen LogP contribution in [0.1, 0.15) is 30.1 Å². The summed E-state index contributed by atoms with van der Waals surface area (Å²) in [5.74, 6) is 0.844. The highest BCUT2D eigenvalue weighted by Crippen LogP contribution is 2.35. The molecule has 0 bridgehead atoms. The second-order valence-electron chi connectivity index (χ2n) is 5.20. The number of nitriles is 1. The Morgan fingerprint density at radius 2 is 2.00 bits per heavy atom. The first-order chi connectivity index (χ1) is 10.4. The third-order valence-electron chi connectivity index (χ3n) is 3.75. The Balaban J connectivity index is 1.89. The summed E-state index contributed by atoms with van der Waals surface area (Å²) in [7, 11) is 0. The van der Waals surface area contributed by atoms with Gasteiger partial charge >= 0.3 is 0 Å². The van der Waals surface area contributed by atoms with Gasteiger partial charge in [0.2, 0.25) is 0 Å². The number of aryl methyl sites for hydroxylation is 1. The molecule has 21 heavy (non-hydrogen) atoms. The first kappa shape index (κ1) is 13.5. The van der Waals surface area contributed by atoms with Crippen LogP contribution < -0.4 is 10.1 Å². The molecule has 3 heteroatoms. The van der Waals surface area contributed by atoms with Crippen LogP contribution in [0.15, 0.2) is 48.5 Å². The second kappa shape index (κ2) is 6.32. The summed E-state index contributed by atoms with van der Waals surface area (Å²) < 4.78 is 6.15. The molecule has 0 saturated heterocycles. The fourth-order valence-electron chi connectivity index (χ4n) is 2.71. The van der Waals surface area contributed by atoms with E-state index in [4.69, 9.17) is 10.00 Å². The summed E-state index contributed by atoms with van der Waals surface area (Å²) >= 11 is 0. The van der Waals surface area contributed by atoms with E-state index >= 15 is 0 Å². The average molecular weight is 278 g/mol. The zero-order valence-corrected chi connectivity index (χ0v) is 11.9. The number of fused-ring (bicyclic) bond motifs is 1. The lowest BCUT2D eigenvalue weighted by Gasteiger charge is -2.24. The summed E-state index contributed by atoms with van der Waals surface area (Å²) in [4.78, 5) is 0. The van der Waals surface area contributed by atoms with Crippen LogP contribution in [-0.4, -0.2) is 6.54 Å². The Kier molecular flexibility index (Phi) is 4.07.